The number of carbonyl (C=O) groups is 2. The van der Waals surface area contributed by atoms with Gasteiger partial charge in [-0.15, -0.1) is 6.58 Å². The largest absolute Gasteiger partial charge is 0.349 e. The van der Waals surface area contributed by atoms with Crippen molar-refractivity contribution < 1.29 is 9.59 Å². The number of rotatable bonds is 6. The Kier molecular flexibility index (Phi) is 5.46. The summed E-state index contributed by atoms with van der Waals surface area (Å²) >= 11 is 0. The van der Waals surface area contributed by atoms with Crippen LogP contribution < -0.4 is 10.6 Å². The maximum atomic E-state index is 12.0. The highest BCUT2D eigenvalue weighted by Crippen LogP contribution is 2.15. The van der Waals surface area contributed by atoms with Gasteiger partial charge in [-0.3, -0.25) is 14.3 Å². The lowest BCUT2D eigenvalue weighted by atomic mass is 10.1. The number of nitrogens with one attached hydrogen (secondary N) is 2. The fraction of sp³-hybridized carbons (Fsp3) is 0.118. The summed E-state index contributed by atoms with van der Waals surface area (Å²) in [6.07, 6.45) is 8.09. The third-order valence-electron chi connectivity index (χ3n) is 2.99. The van der Waals surface area contributed by atoms with Crippen molar-refractivity contribution >= 4 is 23.6 Å². The zero-order chi connectivity index (χ0) is 16.7. The molecule has 0 radical (unpaired) electrons. The lowest BCUT2D eigenvalue weighted by molar-refractivity contribution is -0.111. The Bertz CT molecular complexity index is 747. The molecule has 0 aliphatic rings. The van der Waals surface area contributed by atoms with Gasteiger partial charge in [0.25, 0.3) is 5.91 Å². The summed E-state index contributed by atoms with van der Waals surface area (Å²) in [5, 5.41) is 9.41. The van der Waals surface area contributed by atoms with E-state index in [0.717, 1.165) is 5.56 Å². The van der Waals surface area contributed by atoms with Crippen LogP contribution in [0.15, 0.2) is 55.4 Å². The van der Waals surface area contributed by atoms with Crippen molar-refractivity contribution in [1.82, 2.24) is 15.1 Å². The minimum absolute atomic E-state index is 0.267. The predicted octanol–water partition coefficient (Wildman–Crippen LogP) is 1.99. The molecule has 23 heavy (non-hydrogen) atoms. The molecule has 0 aliphatic carbocycles. The van der Waals surface area contributed by atoms with Gasteiger partial charge in [-0.25, -0.2) is 0 Å². The minimum atomic E-state index is -0.321. The molecule has 2 N–H and O–H groups in total. The van der Waals surface area contributed by atoms with Gasteiger partial charge in [0.15, 0.2) is 0 Å². The molecule has 1 aromatic heterocycles. The molecule has 0 saturated carbocycles. The molecule has 2 aromatic rings. The second-order valence-corrected chi connectivity index (χ2v) is 4.81. The first-order valence-corrected chi connectivity index (χ1v) is 7.06. The van der Waals surface area contributed by atoms with Crippen molar-refractivity contribution in [1.29, 1.82) is 0 Å². The van der Waals surface area contributed by atoms with E-state index in [2.05, 4.69) is 22.3 Å². The Morgan fingerprint density at radius 2 is 2.13 bits per heavy atom. The van der Waals surface area contributed by atoms with Gasteiger partial charge >= 0.3 is 0 Å². The van der Waals surface area contributed by atoms with Gasteiger partial charge in [0.2, 0.25) is 5.91 Å². The number of para-hydroxylation sites is 1. The molecule has 118 valence electrons. The lowest BCUT2D eigenvalue weighted by Gasteiger charge is -2.09. The Morgan fingerprint density at radius 3 is 2.83 bits per heavy atom. The number of anilines is 1. The smallest absolute Gasteiger partial charge is 0.253 e. The summed E-state index contributed by atoms with van der Waals surface area (Å²) in [7, 11) is 1.80. The average Bonchev–Trinajstić information content (AvgIpc) is 2.96. The molecule has 1 aromatic carbocycles. The van der Waals surface area contributed by atoms with Crippen LogP contribution in [0.3, 0.4) is 0 Å². The van der Waals surface area contributed by atoms with Crippen LogP contribution in [0.1, 0.15) is 15.9 Å². The van der Waals surface area contributed by atoms with E-state index in [-0.39, 0.29) is 11.8 Å². The van der Waals surface area contributed by atoms with Crippen LogP contribution in [-0.4, -0.2) is 28.1 Å². The lowest BCUT2D eigenvalue weighted by Crippen LogP contribution is -2.24. The van der Waals surface area contributed by atoms with Gasteiger partial charge in [-0.2, -0.15) is 5.10 Å². The van der Waals surface area contributed by atoms with E-state index >= 15 is 0 Å². The molecule has 0 fully saturated rings. The number of nitrogens with zero attached hydrogens (tertiary/aromatic N) is 2. The van der Waals surface area contributed by atoms with Crippen molar-refractivity contribution in [2.75, 3.05) is 11.9 Å². The third kappa shape index (κ3) is 4.67. The van der Waals surface area contributed by atoms with Crippen molar-refractivity contribution in [2.24, 2.45) is 7.05 Å². The summed E-state index contributed by atoms with van der Waals surface area (Å²) in [4.78, 5) is 24.1. The first-order valence-electron chi connectivity index (χ1n) is 7.06. The molecule has 0 atom stereocenters. The van der Waals surface area contributed by atoms with Crippen LogP contribution in [0.4, 0.5) is 5.69 Å². The van der Waals surface area contributed by atoms with E-state index in [4.69, 9.17) is 0 Å². The van der Waals surface area contributed by atoms with E-state index in [1.165, 1.54) is 6.08 Å². The van der Waals surface area contributed by atoms with Crippen molar-refractivity contribution in [3.8, 4) is 0 Å². The van der Waals surface area contributed by atoms with Crippen LogP contribution in [0.5, 0.6) is 0 Å². The van der Waals surface area contributed by atoms with Crippen LogP contribution in [0.25, 0.3) is 6.08 Å². The zero-order valence-electron chi connectivity index (χ0n) is 12.8. The highest BCUT2D eigenvalue weighted by atomic mass is 16.2. The van der Waals surface area contributed by atoms with E-state index < -0.39 is 0 Å². The van der Waals surface area contributed by atoms with Crippen LogP contribution in [0.2, 0.25) is 0 Å². The number of amides is 2. The second kappa shape index (κ2) is 7.74. The first kappa shape index (κ1) is 16.2. The average molecular weight is 310 g/mol. The van der Waals surface area contributed by atoms with Gasteiger partial charge in [0, 0.05) is 31.4 Å². The highest BCUT2D eigenvalue weighted by molar-refractivity contribution is 6.07. The normalized spacial score (nSPS) is 10.5. The second-order valence-electron chi connectivity index (χ2n) is 4.81. The van der Waals surface area contributed by atoms with Crippen LogP contribution in [0, 0.1) is 0 Å². The van der Waals surface area contributed by atoms with Crippen molar-refractivity contribution in [2.45, 2.75) is 0 Å². The maximum Gasteiger partial charge on any atom is 0.253 e. The van der Waals surface area contributed by atoms with E-state index in [1.807, 2.05) is 0 Å². The van der Waals surface area contributed by atoms with Gasteiger partial charge < -0.3 is 10.6 Å². The fourth-order valence-electron chi connectivity index (χ4n) is 1.92. The molecule has 6 heteroatoms. The fourth-order valence-corrected chi connectivity index (χ4v) is 1.92. The topological polar surface area (TPSA) is 76.0 Å². The molecule has 0 unspecified atom stereocenters. The quantitative estimate of drug-likeness (QED) is 0.633. The molecule has 0 bridgehead atoms. The molecule has 0 aliphatic heterocycles. The first-order chi connectivity index (χ1) is 11.1. The molecule has 6 nitrogen and oxygen atoms in total. The summed E-state index contributed by atoms with van der Waals surface area (Å²) in [5.41, 5.74) is 1.67. The highest BCUT2D eigenvalue weighted by Gasteiger charge is 2.11. The van der Waals surface area contributed by atoms with E-state index in [1.54, 1.807) is 60.5 Å². The zero-order valence-corrected chi connectivity index (χ0v) is 12.8. The van der Waals surface area contributed by atoms with E-state index in [0.29, 0.717) is 17.8 Å². The predicted molar refractivity (Wildman–Crippen MR) is 89.8 cm³/mol. The van der Waals surface area contributed by atoms with Gasteiger partial charge in [-0.1, -0.05) is 18.2 Å². The standard InChI is InChI=1S/C17H18N4O2/c1-3-10-18-17(23)14-6-4-5-7-15(14)20-16(22)9-8-13-11-19-21(2)12-13/h3-9,11-12H,1,10H2,2H3,(H,18,23)(H,20,22)/b9-8-. The Labute approximate surface area is 134 Å². The molecule has 1 heterocycles. The number of hydrogen-bond acceptors (Lipinski definition) is 3. The molecule has 0 spiro atoms. The molecule has 2 rings (SSSR count). The third-order valence-corrected chi connectivity index (χ3v) is 2.99. The number of aromatic nitrogens is 2. The van der Waals surface area contributed by atoms with Gasteiger partial charge in [-0.05, 0) is 18.2 Å². The monoisotopic (exact) mass is 310 g/mol. The Balaban J connectivity index is 2.07. The van der Waals surface area contributed by atoms with Crippen LogP contribution >= 0.6 is 0 Å². The van der Waals surface area contributed by atoms with Crippen molar-refractivity contribution in [3.63, 3.8) is 0 Å². The maximum absolute atomic E-state index is 12.0. The van der Waals surface area contributed by atoms with Crippen molar-refractivity contribution in [3.05, 3.63) is 66.5 Å². The Morgan fingerprint density at radius 1 is 1.35 bits per heavy atom. The molecular formula is C17H18N4O2. The van der Waals surface area contributed by atoms with E-state index in [9.17, 15) is 9.59 Å². The van der Waals surface area contributed by atoms with Crippen LogP contribution in [-0.2, 0) is 11.8 Å². The van der Waals surface area contributed by atoms with Gasteiger partial charge in [0.05, 0.1) is 17.4 Å². The summed E-state index contributed by atoms with van der Waals surface area (Å²) in [6.45, 7) is 3.91. The SMILES string of the molecule is C=CCNC(=O)c1ccccc1NC(=O)/C=C\c1cnn(C)c1. The number of aryl methyl sites for hydroxylation is 1. The molecule has 2 amide bonds. The number of carbonyl (C=O) groups excluding carboxylic acids is 2. The molecule has 0 saturated heterocycles. The summed E-state index contributed by atoms with van der Waals surface area (Å²) in [5.74, 6) is -0.588. The molecular weight excluding hydrogens is 292 g/mol. The summed E-state index contributed by atoms with van der Waals surface area (Å²) in [6, 6.07) is 6.83. The number of benzene rings is 1. The minimum Gasteiger partial charge on any atom is -0.349 e. The van der Waals surface area contributed by atoms with Gasteiger partial charge in [0.1, 0.15) is 0 Å². The number of hydrogen-bond donors (Lipinski definition) is 2. The summed E-state index contributed by atoms with van der Waals surface area (Å²) < 4.78 is 1.65. The Hall–Kier alpha value is -3.15.